The van der Waals surface area contributed by atoms with Gasteiger partial charge in [-0.3, -0.25) is 9.69 Å². The minimum atomic E-state index is -0.629. The number of ether oxygens (including phenoxy) is 1. The molecule has 1 aromatic heterocycles. The van der Waals surface area contributed by atoms with Crippen molar-refractivity contribution in [3.63, 3.8) is 0 Å². The van der Waals surface area contributed by atoms with Gasteiger partial charge in [-0.1, -0.05) is 18.2 Å². The quantitative estimate of drug-likeness (QED) is 0.640. The highest BCUT2D eigenvalue weighted by molar-refractivity contribution is 7.98. The van der Waals surface area contributed by atoms with E-state index < -0.39 is 12.0 Å². The lowest BCUT2D eigenvalue weighted by molar-refractivity contribution is -0.141. The van der Waals surface area contributed by atoms with Crippen LogP contribution in [0.3, 0.4) is 0 Å². The zero-order valence-corrected chi connectivity index (χ0v) is 13.7. The minimum absolute atomic E-state index is 0.219. The molecule has 0 saturated carbocycles. The Labute approximate surface area is 138 Å². The Morgan fingerprint density at radius 1 is 1.30 bits per heavy atom. The predicted octanol–water partition coefficient (Wildman–Crippen LogP) is 2.55. The molecule has 1 aliphatic rings. The highest BCUT2D eigenvalue weighted by Crippen LogP contribution is 2.34. The highest BCUT2D eigenvalue weighted by atomic mass is 32.2. The summed E-state index contributed by atoms with van der Waals surface area (Å²) >= 11 is 1.47. The smallest absolute Gasteiger partial charge is 0.329 e. The third kappa shape index (κ3) is 2.82. The Kier molecular flexibility index (Phi) is 4.34. The molecule has 0 spiro atoms. The number of nitrogens with zero attached hydrogens (tertiary/aromatic N) is 2. The van der Waals surface area contributed by atoms with E-state index in [-0.39, 0.29) is 5.91 Å². The second-order valence-corrected chi connectivity index (χ2v) is 5.96. The van der Waals surface area contributed by atoms with E-state index in [1.54, 1.807) is 18.3 Å². The number of aromatic nitrogens is 1. The van der Waals surface area contributed by atoms with Crippen LogP contribution >= 0.6 is 11.8 Å². The molecule has 1 aliphatic heterocycles. The van der Waals surface area contributed by atoms with E-state index in [1.807, 2.05) is 30.5 Å². The molecule has 1 aromatic carbocycles. The first-order valence-corrected chi connectivity index (χ1v) is 8.37. The van der Waals surface area contributed by atoms with Crippen LogP contribution in [0.5, 0.6) is 0 Å². The molecular weight excluding hydrogens is 312 g/mol. The Morgan fingerprint density at radius 3 is 2.83 bits per heavy atom. The summed E-state index contributed by atoms with van der Waals surface area (Å²) in [4.78, 5) is 30.8. The van der Waals surface area contributed by atoms with Gasteiger partial charge in [0.05, 0.1) is 12.1 Å². The molecule has 0 saturated heterocycles. The van der Waals surface area contributed by atoms with E-state index in [2.05, 4.69) is 4.98 Å². The molecular formula is C17H16N2O3S. The van der Waals surface area contributed by atoms with Crippen molar-refractivity contribution < 1.29 is 14.3 Å². The fourth-order valence-corrected chi connectivity index (χ4v) is 3.17. The lowest BCUT2D eigenvalue weighted by atomic mass is 10.1. The van der Waals surface area contributed by atoms with E-state index in [0.29, 0.717) is 12.0 Å². The predicted molar refractivity (Wildman–Crippen MR) is 88.8 cm³/mol. The number of hydrogen-bond acceptors (Lipinski definition) is 5. The first-order chi connectivity index (χ1) is 11.2. The number of thioether (sulfide) groups is 1. The van der Waals surface area contributed by atoms with Crippen LogP contribution in [0.15, 0.2) is 47.6 Å². The van der Waals surface area contributed by atoms with Gasteiger partial charge in [-0.2, -0.15) is 0 Å². The van der Waals surface area contributed by atoms with Gasteiger partial charge in [-0.05, 0) is 30.0 Å². The lowest BCUT2D eigenvalue weighted by Gasteiger charge is -2.23. The molecule has 2 heterocycles. The molecule has 0 bridgehead atoms. The molecule has 5 nitrogen and oxygen atoms in total. The second kappa shape index (κ2) is 6.42. The summed E-state index contributed by atoms with van der Waals surface area (Å²) in [5.41, 5.74) is 2.24. The number of carbonyl (C=O) groups is 2. The number of benzene rings is 1. The molecule has 0 unspecified atom stereocenters. The number of esters is 1. The van der Waals surface area contributed by atoms with Crippen molar-refractivity contribution in [1.82, 2.24) is 4.98 Å². The molecule has 0 fully saturated rings. The number of rotatable bonds is 3. The van der Waals surface area contributed by atoms with E-state index in [1.165, 1.54) is 23.8 Å². The van der Waals surface area contributed by atoms with Gasteiger partial charge in [-0.25, -0.2) is 9.78 Å². The van der Waals surface area contributed by atoms with Gasteiger partial charge in [0.2, 0.25) is 0 Å². The van der Waals surface area contributed by atoms with Crippen molar-refractivity contribution in [2.45, 2.75) is 17.5 Å². The van der Waals surface area contributed by atoms with Gasteiger partial charge in [-0.15, -0.1) is 11.8 Å². The molecule has 1 atom stereocenters. The van der Waals surface area contributed by atoms with Crippen molar-refractivity contribution in [3.8, 4) is 0 Å². The van der Waals surface area contributed by atoms with Gasteiger partial charge in [0.25, 0.3) is 5.91 Å². The summed E-state index contributed by atoms with van der Waals surface area (Å²) in [5.74, 6) is -0.628. The maximum Gasteiger partial charge on any atom is 0.329 e. The van der Waals surface area contributed by atoms with Crippen molar-refractivity contribution in [2.75, 3.05) is 18.3 Å². The third-order valence-electron chi connectivity index (χ3n) is 3.86. The average molecular weight is 328 g/mol. The maximum absolute atomic E-state index is 13.0. The number of methoxy groups -OCH3 is 1. The first kappa shape index (κ1) is 15.6. The molecule has 118 valence electrons. The summed E-state index contributed by atoms with van der Waals surface area (Å²) in [6, 6.07) is 10.3. The van der Waals surface area contributed by atoms with Crippen molar-refractivity contribution in [3.05, 3.63) is 53.7 Å². The summed E-state index contributed by atoms with van der Waals surface area (Å²) in [5, 5.41) is 0.762. The van der Waals surface area contributed by atoms with E-state index in [4.69, 9.17) is 4.74 Å². The number of hydrogen-bond donors (Lipinski definition) is 0. The molecule has 3 rings (SSSR count). The van der Waals surface area contributed by atoms with E-state index in [0.717, 1.165) is 16.3 Å². The molecule has 0 radical (unpaired) electrons. The monoisotopic (exact) mass is 328 g/mol. The number of carbonyl (C=O) groups excluding carboxylic acids is 2. The summed E-state index contributed by atoms with van der Waals surface area (Å²) in [6.45, 7) is 0. The van der Waals surface area contributed by atoms with Crippen LogP contribution in [0.4, 0.5) is 5.69 Å². The van der Waals surface area contributed by atoms with Gasteiger partial charge in [0.1, 0.15) is 6.04 Å². The number of pyridine rings is 1. The van der Waals surface area contributed by atoms with Gasteiger partial charge < -0.3 is 4.74 Å². The van der Waals surface area contributed by atoms with Gasteiger partial charge in [0.15, 0.2) is 0 Å². The van der Waals surface area contributed by atoms with Crippen molar-refractivity contribution in [1.29, 1.82) is 0 Å². The van der Waals surface area contributed by atoms with Gasteiger partial charge >= 0.3 is 5.97 Å². The zero-order valence-electron chi connectivity index (χ0n) is 12.9. The van der Waals surface area contributed by atoms with Crippen LogP contribution in [-0.4, -0.2) is 36.3 Å². The van der Waals surface area contributed by atoms with Crippen LogP contribution in [-0.2, 0) is 16.0 Å². The fraction of sp³-hybridized carbons (Fsp3) is 0.235. The van der Waals surface area contributed by atoms with Crippen molar-refractivity contribution >= 4 is 29.3 Å². The average Bonchev–Trinajstić information content (AvgIpc) is 2.99. The molecule has 23 heavy (non-hydrogen) atoms. The molecule has 2 aromatic rings. The molecule has 6 heteroatoms. The maximum atomic E-state index is 13.0. The summed E-state index contributed by atoms with van der Waals surface area (Å²) in [6.07, 6.45) is 3.97. The first-order valence-electron chi connectivity index (χ1n) is 7.15. The van der Waals surface area contributed by atoms with Gasteiger partial charge in [0, 0.05) is 23.9 Å². The Morgan fingerprint density at radius 2 is 2.09 bits per heavy atom. The highest BCUT2D eigenvalue weighted by Gasteiger charge is 2.39. The second-order valence-electron chi connectivity index (χ2n) is 5.13. The Hall–Kier alpha value is -2.34. The normalized spacial score (nSPS) is 16.1. The number of anilines is 1. The topological polar surface area (TPSA) is 59.5 Å². The van der Waals surface area contributed by atoms with Crippen LogP contribution < -0.4 is 4.90 Å². The number of para-hydroxylation sites is 1. The SMILES string of the molecule is COC(=O)[C@@H]1Cc2ccccc2N1C(=O)c1ccnc(SC)c1. The Balaban J connectivity index is 2.02. The lowest BCUT2D eigenvalue weighted by Crippen LogP contribution is -2.43. The standard InChI is InChI=1S/C17H16N2O3S/c1-22-17(21)14-9-11-5-3-4-6-13(11)19(14)16(20)12-7-8-18-15(10-12)23-2/h3-8,10,14H,9H2,1-2H3/t14-/m0/s1. The van der Waals surface area contributed by atoms with Crippen molar-refractivity contribution in [2.24, 2.45) is 0 Å². The molecule has 0 N–H and O–H groups in total. The van der Waals surface area contributed by atoms with Crippen LogP contribution in [0, 0.1) is 0 Å². The molecule has 0 aliphatic carbocycles. The van der Waals surface area contributed by atoms with Crippen LogP contribution in [0.2, 0.25) is 0 Å². The Bertz CT molecular complexity index is 763. The summed E-state index contributed by atoms with van der Waals surface area (Å²) in [7, 11) is 1.34. The van der Waals surface area contributed by atoms with Crippen LogP contribution in [0.25, 0.3) is 0 Å². The minimum Gasteiger partial charge on any atom is -0.467 e. The zero-order chi connectivity index (χ0) is 16.4. The third-order valence-corrected chi connectivity index (χ3v) is 4.50. The molecule has 1 amide bonds. The van der Waals surface area contributed by atoms with E-state index in [9.17, 15) is 9.59 Å². The van der Waals surface area contributed by atoms with E-state index >= 15 is 0 Å². The summed E-state index contributed by atoms with van der Waals surface area (Å²) < 4.78 is 4.88. The fourth-order valence-electron chi connectivity index (χ4n) is 2.75. The number of fused-ring (bicyclic) bond motifs is 1. The largest absolute Gasteiger partial charge is 0.467 e. The van der Waals surface area contributed by atoms with Crippen LogP contribution in [0.1, 0.15) is 15.9 Å². The number of amides is 1.